The van der Waals surface area contributed by atoms with E-state index in [1.54, 1.807) is 19.1 Å². The second-order valence-corrected chi connectivity index (χ2v) is 6.11. The van der Waals surface area contributed by atoms with Gasteiger partial charge < -0.3 is 19.2 Å². The fraction of sp³-hybridized carbons (Fsp3) is 0.273. The molecular weight excluding hydrogens is 358 g/mol. The Balaban J connectivity index is 1.92. The minimum Gasteiger partial charge on any atom is -0.490 e. The van der Waals surface area contributed by atoms with Crippen LogP contribution in [0.25, 0.3) is 10.9 Å². The molecule has 0 aliphatic carbocycles. The van der Waals surface area contributed by atoms with Crippen molar-refractivity contribution in [1.29, 1.82) is 0 Å². The number of rotatable bonds is 8. The van der Waals surface area contributed by atoms with E-state index in [0.29, 0.717) is 35.6 Å². The summed E-state index contributed by atoms with van der Waals surface area (Å²) in [7, 11) is 0. The van der Waals surface area contributed by atoms with Crippen LogP contribution < -0.4 is 14.9 Å². The van der Waals surface area contributed by atoms with Gasteiger partial charge in [-0.3, -0.25) is 4.79 Å². The van der Waals surface area contributed by atoms with Crippen molar-refractivity contribution in [3.05, 3.63) is 70.0 Å². The first-order valence-electron chi connectivity index (χ1n) is 9.30. The largest absolute Gasteiger partial charge is 0.490 e. The Labute approximate surface area is 163 Å². The molecule has 0 aliphatic heterocycles. The molecule has 0 unspecified atom stereocenters. The van der Waals surface area contributed by atoms with E-state index in [-0.39, 0.29) is 12.2 Å². The van der Waals surface area contributed by atoms with E-state index in [1.807, 2.05) is 37.3 Å². The first-order valence-corrected chi connectivity index (χ1v) is 9.30. The molecule has 0 fully saturated rings. The summed E-state index contributed by atoms with van der Waals surface area (Å²) >= 11 is 0. The van der Waals surface area contributed by atoms with Crippen LogP contribution >= 0.6 is 0 Å². The van der Waals surface area contributed by atoms with Gasteiger partial charge in [0.15, 0.2) is 11.5 Å². The van der Waals surface area contributed by atoms with E-state index in [0.717, 1.165) is 12.0 Å². The minimum absolute atomic E-state index is 0.0336. The summed E-state index contributed by atoms with van der Waals surface area (Å²) in [5, 5.41) is 0.351. The first-order chi connectivity index (χ1) is 13.6. The van der Waals surface area contributed by atoms with Crippen molar-refractivity contribution in [2.45, 2.75) is 20.3 Å². The van der Waals surface area contributed by atoms with Gasteiger partial charge in [-0.25, -0.2) is 4.79 Å². The number of fused-ring (bicyclic) bond motifs is 1. The number of aromatic nitrogens is 1. The van der Waals surface area contributed by atoms with Gasteiger partial charge in [-0.1, -0.05) is 30.3 Å². The molecule has 146 valence electrons. The number of esters is 1. The lowest BCUT2D eigenvalue weighted by molar-refractivity contribution is 0.0524. The Morgan fingerprint density at radius 1 is 1.00 bits per heavy atom. The summed E-state index contributed by atoms with van der Waals surface area (Å²) in [4.78, 5) is 27.7. The maximum atomic E-state index is 12.7. The zero-order chi connectivity index (χ0) is 19.9. The lowest BCUT2D eigenvalue weighted by Crippen LogP contribution is -2.18. The fourth-order valence-corrected chi connectivity index (χ4v) is 2.89. The molecule has 3 rings (SSSR count). The summed E-state index contributed by atoms with van der Waals surface area (Å²) in [6, 6.07) is 13.3. The smallest absolute Gasteiger partial charge is 0.343 e. The van der Waals surface area contributed by atoms with Gasteiger partial charge in [0, 0.05) is 18.7 Å². The van der Waals surface area contributed by atoms with Crippen molar-refractivity contribution >= 4 is 16.9 Å². The maximum Gasteiger partial charge on any atom is 0.343 e. The monoisotopic (exact) mass is 381 g/mol. The molecule has 0 aliphatic rings. The molecule has 1 N–H and O–H groups in total. The predicted octanol–water partition coefficient (Wildman–Crippen LogP) is 3.73. The number of H-pyrrole nitrogens is 1. The van der Waals surface area contributed by atoms with Crippen molar-refractivity contribution in [2.24, 2.45) is 0 Å². The number of carbonyl (C=O) groups is 1. The van der Waals surface area contributed by atoms with Crippen molar-refractivity contribution in [3.63, 3.8) is 0 Å². The van der Waals surface area contributed by atoms with Crippen LogP contribution in [-0.4, -0.2) is 30.8 Å². The standard InChI is InChI=1S/C22H23NO5/c1-3-26-20-13-18-16(21(24)17(14-23-18)22(25)27-4-2)12-19(20)28-11-10-15-8-6-5-7-9-15/h5-9,12-14H,3-4,10-11H2,1-2H3,(H,23,24). The average molecular weight is 381 g/mol. The van der Waals surface area contributed by atoms with Crippen LogP contribution in [0.1, 0.15) is 29.8 Å². The number of aromatic amines is 1. The third kappa shape index (κ3) is 4.34. The zero-order valence-electron chi connectivity index (χ0n) is 16.0. The van der Waals surface area contributed by atoms with Gasteiger partial charge in [-0.05, 0) is 25.5 Å². The second-order valence-electron chi connectivity index (χ2n) is 6.11. The molecule has 6 heteroatoms. The molecule has 2 aromatic carbocycles. The molecule has 0 saturated carbocycles. The lowest BCUT2D eigenvalue weighted by Gasteiger charge is -2.13. The van der Waals surface area contributed by atoms with Gasteiger partial charge in [-0.2, -0.15) is 0 Å². The van der Waals surface area contributed by atoms with Crippen LogP contribution in [-0.2, 0) is 11.2 Å². The van der Waals surface area contributed by atoms with E-state index < -0.39 is 11.4 Å². The SMILES string of the molecule is CCOC(=O)c1c[nH]c2cc(OCC)c(OCCc3ccccc3)cc2c1=O. The van der Waals surface area contributed by atoms with Crippen LogP contribution in [0.15, 0.2) is 53.5 Å². The van der Waals surface area contributed by atoms with Crippen molar-refractivity contribution < 1.29 is 19.0 Å². The summed E-state index contributed by atoms with van der Waals surface area (Å²) < 4.78 is 16.5. The summed E-state index contributed by atoms with van der Waals surface area (Å²) in [6.45, 7) is 4.68. The van der Waals surface area contributed by atoms with Gasteiger partial charge in [0.2, 0.25) is 5.43 Å². The van der Waals surface area contributed by atoms with Gasteiger partial charge in [-0.15, -0.1) is 0 Å². The third-order valence-corrected chi connectivity index (χ3v) is 4.23. The number of carbonyl (C=O) groups excluding carboxylic acids is 1. The highest BCUT2D eigenvalue weighted by molar-refractivity contribution is 5.94. The van der Waals surface area contributed by atoms with Gasteiger partial charge >= 0.3 is 5.97 Å². The summed E-state index contributed by atoms with van der Waals surface area (Å²) in [5.74, 6) is 0.366. The normalized spacial score (nSPS) is 10.6. The highest BCUT2D eigenvalue weighted by Crippen LogP contribution is 2.31. The van der Waals surface area contributed by atoms with Crippen LogP contribution in [0.2, 0.25) is 0 Å². The minimum atomic E-state index is -0.647. The molecule has 1 aromatic heterocycles. The molecule has 0 bridgehead atoms. The molecule has 0 atom stereocenters. The molecule has 0 radical (unpaired) electrons. The van der Waals surface area contributed by atoms with Crippen molar-refractivity contribution in [1.82, 2.24) is 4.98 Å². The molecule has 3 aromatic rings. The Kier molecular flexibility index (Phi) is 6.32. The molecular formula is C22H23NO5. The Hall–Kier alpha value is -3.28. The van der Waals surface area contributed by atoms with Crippen LogP contribution in [0.4, 0.5) is 0 Å². The van der Waals surface area contributed by atoms with E-state index in [2.05, 4.69) is 4.98 Å². The topological polar surface area (TPSA) is 77.6 Å². The Morgan fingerprint density at radius 2 is 1.75 bits per heavy atom. The van der Waals surface area contributed by atoms with Crippen LogP contribution in [0, 0.1) is 0 Å². The number of hydrogen-bond donors (Lipinski definition) is 1. The number of ether oxygens (including phenoxy) is 3. The van der Waals surface area contributed by atoms with Gasteiger partial charge in [0.1, 0.15) is 5.56 Å². The number of nitrogens with one attached hydrogen (secondary N) is 1. The van der Waals surface area contributed by atoms with E-state index in [9.17, 15) is 9.59 Å². The zero-order valence-corrected chi connectivity index (χ0v) is 16.0. The summed E-state index contributed by atoms with van der Waals surface area (Å²) in [5.41, 5.74) is 1.29. The quantitative estimate of drug-likeness (QED) is 0.602. The van der Waals surface area contributed by atoms with E-state index in [1.165, 1.54) is 6.20 Å². The summed E-state index contributed by atoms with van der Waals surface area (Å²) in [6.07, 6.45) is 2.10. The van der Waals surface area contributed by atoms with Crippen molar-refractivity contribution in [3.8, 4) is 11.5 Å². The average Bonchev–Trinajstić information content (AvgIpc) is 2.70. The molecule has 0 amide bonds. The number of hydrogen-bond acceptors (Lipinski definition) is 5. The molecule has 1 heterocycles. The fourth-order valence-electron chi connectivity index (χ4n) is 2.89. The maximum absolute atomic E-state index is 12.7. The highest BCUT2D eigenvalue weighted by Gasteiger charge is 2.17. The Morgan fingerprint density at radius 3 is 2.46 bits per heavy atom. The van der Waals surface area contributed by atoms with Crippen LogP contribution in [0.5, 0.6) is 11.5 Å². The molecule has 0 spiro atoms. The van der Waals surface area contributed by atoms with Gasteiger partial charge in [0.25, 0.3) is 0 Å². The van der Waals surface area contributed by atoms with Crippen LogP contribution in [0.3, 0.4) is 0 Å². The molecule has 6 nitrogen and oxygen atoms in total. The Bertz CT molecular complexity index is 1010. The second kappa shape index (κ2) is 9.08. The lowest BCUT2D eigenvalue weighted by atomic mass is 10.1. The number of pyridine rings is 1. The molecule has 28 heavy (non-hydrogen) atoms. The van der Waals surface area contributed by atoms with Crippen molar-refractivity contribution in [2.75, 3.05) is 19.8 Å². The highest BCUT2D eigenvalue weighted by atomic mass is 16.5. The van der Waals surface area contributed by atoms with E-state index in [4.69, 9.17) is 14.2 Å². The third-order valence-electron chi connectivity index (χ3n) is 4.23. The first kappa shape index (κ1) is 19.5. The van der Waals surface area contributed by atoms with E-state index >= 15 is 0 Å². The number of benzene rings is 2. The predicted molar refractivity (Wildman–Crippen MR) is 107 cm³/mol. The molecule has 0 saturated heterocycles. The van der Waals surface area contributed by atoms with Gasteiger partial charge in [0.05, 0.1) is 30.7 Å².